The van der Waals surface area contributed by atoms with Crippen LogP contribution in [0.15, 0.2) is 0 Å². The molecule has 2 atom stereocenters. The van der Waals surface area contributed by atoms with Gasteiger partial charge in [-0.3, -0.25) is 0 Å². The molecule has 2 N–H and O–H groups in total. The molecule has 0 aromatic rings. The molecule has 0 aromatic heterocycles. The predicted octanol–water partition coefficient (Wildman–Crippen LogP) is 0.483. The zero-order valence-electron chi connectivity index (χ0n) is 7.60. The quantitative estimate of drug-likeness (QED) is 0.647. The largest absolute Gasteiger partial charge is 0.479 e. The van der Waals surface area contributed by atoms with Gasteiger partial charge in [0.15, 0.2) is 6.10 Å². The zero-order valence-corrected chi connectivity index (χ0v) is 7.60. The van der Waals surface area contributed by atoms with E-state index in [-0.39, 0.29) is 5.92 Å². The average Bonchev–Trinajstić information content (AvgIpc) is 2.66. The van der Waals surface area contributed by atoms with Crippen LogP contribution in [-0.2, 0) is 14.3 Å². The minimum Gasteiger partial charge on any atom is -0.479 e. The van der Waals surface area contributed by atoms with Gasteiger partial charge in [0.1, 0.15) is 0 Å². The highest BCUT2D eigenvalue weighted by molar-refractivity contribution is 5.92. The smallest absolute Gasteiger partial charge is 0.339 e. The van der Waals surface area contributed by atoms with Gasteiger partial charge in [-0.15, -0.1) is 0 Å². The summed E-state index contributed by atoms with van der Waals surface area (Å²) in [5.41, 5.74) is -1.41. The maximum atomic E-state index is 11.0. The van der Waals surface area contributed by atoms with Crippen molar-refractivity contribution in [3.63, 3.8) is 0 Å². The van der Waals surface area contributed by atoms with E-state index in [0.717, 1.165) is 25.7 Å². The molecule has 5 heteroatoms. The van der Waals surface area contributed by atoms with E-state index in [9.17, 15) is 9.59 Å². The molecule has 0 radical (unpaired) electrons. The molecular weight excluding hydrogens is 188 g/mol. The van der Waals surface area contributed by atoms with Gasteiger partial charge in [0.05, 0.1) is 0 Å². The first-order chi connectivity index (χ1) is 6.59. The Labute approximate surface area is 80.7 Å². The minimum atomic E-state index is -1.41. The number of aliphatic carboxylic acids is 2. The fraction of sp³-hybridized carbons (Fsp3) is 0.778. The molecule has 2 rings (SSSR count). The SMILES string of the molecule is O=C(O)[C@H]1O[C@@]1(C(=O)O)C1CCCC1. The number of ether oxygens (including phenoxy) is 1. The van der Waals surface area contributed by atoms with E-state index in [0.29, 0.717) is 0 Å². The highest BCUT2D eigenvalue weighted by atomic mass is 16.7. The standard InChI is InChI=1S/C9H12O5/c10-7(11)6-9(14-6,8(12)13)5-3-1-2-4-5/h5-6H,1-4H2,(H,10,11)(H,12,13)/t6-,9+/m1/s1. The average molecular weight is 200 g/mol. The fourth-order valence-corrected chi connectivity index (χ4v) is 2.40. The van der Waals surface area contributed by atoms with Gasteiger partial charge in [0, 0.05) is 5.92 Å². The lowest BCUT2D eigenvalue weighted by atomic mass is 9.87. The first kappa shape index (κ1) is 9.45. The number of carboxylic acids is 2. The van der Waals surface area contributed by atoms with Gasteiger partial charge in [-0.2, -0.15) is 0 Å². The molecule has 1 aliphatic carbocycles. The highest BCUT2D eigenvalue weighted by Crippen LogP contribution is 2.50. The monoisotopic (exact) mass is 200 g/mol. The molecule has 1 aliphatic heterocycles. The predicted molar refractivity (Wildman–Crippen MR) is 44.8 cm³/mol. The third kappa shape index (κ3) is 1.12. The molecule has 0 bridgehead atoms. The van der Waals surface area contributed by atoms with Crippen molar-refractivity contribution in [1.29, 1.82) is 0 Å². The van der Waals surface area contributed by atoms with Crippen LogP contribution in [0.5, 0.6) is 0 Å². The van der Waals surface area contributed by atoms with Crippen LogP contribution in [0.25, 0.3) is 0 Å². The minimum absolute atomic E-state index is 0.124. The first-order valence-electron chi connectivity index (χ1n) is 4.73. The maximum absolute atomic E-state index is 11.0. The van der Waals surface area contributed by atoms with E-state index in [1.807, 2.05) is 0 Å². The topological polar surface area (TPSA) is 87.1 Å². The number of carboxylic acid groups (broad SMARTS) is 2. The summed E-state index contributed by atoms with van der Waals surface area (Å²) < 4.78 is 4.91. The summed E-state index contributed by atoms with van der Waals surface area (Å²) in [4.78, 5) is 21.6. The second-order valence-corrected chi connectivity index (χ2v) is 3.92. The van der Waals surface area contributed by atoms with E-state index < -0.39 is 23.6 Å². The number of hydrogen-bond acceptors (Lipinski definition) is 3. The van der Waals surface area contributed by atoms with Gasteiger partial charge in [-0.05, 0) is 12.8 Å². The summed E-state index contributed by atoms with van der Waals surface area (Å²) in [6, 6.07) is 0. The maximum Gasteiger partial charge on any atom is 0.339 e. The second kappa shape index (κ2) is 2.95. The van der Waals surface area contributed by atoms with Crippen molar-refractivity contribution in [3.05, 3.63) is 0 Å². The van der Waals surface area contributed by atoms with Crippen LogP contribution in [-0.4, -0.2) is 33.9 Å². The van der Waals surface area contributed by atoms with E-state index in [4.69, 9.17) is 14.9 Å². The lowest BCUT2D eigenvalue weighted by Gasteiger charge is -2.14. The van der Waals surface area contributed by atoms with Gasteiger partial charge in [-0.25, -0.2) is 9.59 Å². The van der Waals surface area contributed by atoms with Crippen LogP contribution in [0.2, 0.25) is 0 Å². The molecule has 0 unspecified atom stereocenters. The molecule has 2 aliphatic rings. The Hall–Kier alpha value is -1.10. The Morgan fingerprint density at radius 1 is 1.21 bits per heavy atom. The summed E-state index contributed by atoms with van der Waals surface area (Å²) in [5.74, 6) is -2.42. The summed E-state index contributed by atoms with van der Waals surface area (Å²) in [5, 5.41) is 17.7. The molecule has 1 saturated carbocycles. The van der Waals surface area contributed by atoms with Crippen LogP contribution in [0, 0.1) is 5.92 Å². The molecular formula is C9H12O5. The number of rotatable bonds is 3. The van der Waals surface area contributed by atoms with Crippen LogP contribution in [0.4, 0.5) is 0 Å². The van der Waals surface area contributed by atoms with Gasteiger partial charge in [-0.1, -0.05) is 12.8 Å². The normalized spacial score (nSPS) is 37.0. The van der Waals surface area contributed by atoms with Gasteiger partial charge in [0.25, 0.3) is 0 Å². The summed E-state index contributed by atoms with van der Waals surface area (Å²) >= 11 is 0. The highest BCUT2D eigenvalue weighted by Gasteiger charge is 2.71. The van der Waals surface area contributed by atoms with Crippen LogP contribution in [0.1, 0.15) is 25.7 Å². The molecule has 0 aromatic carbocycles. The van der Waals surface area contributed by atoms with Crippen molar-refractivity contribution in [2.24, 2.45) is 5.92 Å². The molecule has 14 heavy (non-hydrogen) atoms. The van der Waals surface area contributed by atoms with Gasteiger partial charge < -0.3 is 14.9 Å². The summed E-state index contributed by atoms with van der Waals surface area (Å²) in [7, 11) is 0. The van der Waals surface area contributed by atoms with Crippen molar-refractivity contribution in [3.8, 4) is 0 Å². The van der Waals surface area contributed by atoms with E-state index in [2.05, 4.69) is 0 Å². The Morgan fingerprint density at radius 3 is 2.14 bits per heavy atom. The van der Waals surface area contributed by atoms with Gasteiger partial charge in [0.2, 0.25) is 5.60 Å². The summed E-state index contributed by atoms with van der Waals surface area (Å²) in [6.45, 7) is 0. The Morgan fingerprint density at radius 2 is 1.79 bits per heavy atom. The second-order valence-electron chi connectivity index (χ2n) is 3.92. The van der Waals surface area contributed by atoms with E-state index >= 15 is 0 Å². The third-order valence-corrected chi connectivity index (χ3v) is 3.17. The van der Waals surface area contributed by atoms with Crippen molar-refractivity contribution >= 4 is 11.9 Å². The molecule has 78 valence electrons. The molecule has 5 nitrogen and oxygen atoms in total. The molecule has 0 amide bonds. The van der Waals surface area contributed by atoms with Crippen LogP contribution in [0.3, 0.4) is 0 Å². The lowest BCUT2D eigenvalue weighted by molar-refractivity contribution is -0.146. The number of epoxide rings is 1. The Bertz CT molecular complexity index is 281. The van der Waals surface area contributed by atoms with Crippen LogP contribution < -0.4 is 0 Å². The molecule has 2 fully saturated rings. The Balaban J connectivity index is 2.17. The third-order valence-electron chi connectivity index (χ3n) is 3.17. The molecule has 1 saturated heterocycles. The van der Waals surface area contributed by atoms with Crippen molar-refractivity contribution < 1.29 is 24.5 Å². The number of carbonyl (C=O) groups is 2. The summed E-state index contributed by atoms with van der Waals surface area (Å²) in [6.07, 6.45) is 2.32. The van der Waals surface area contributed by atoms with E-state index in [1.165, 1.54) is 0 Å². The number of hydrogen-bond donors (Lipinski definition) is 2. The van der Waals surface area contributed by atoms with Crippen LogP contribution >= 0.6 is 0 Å². The van der Waals surface area contributed by atoms with E-state index in [1.54, 1.807) is 0 Å². The zero-order chi connectivity index (χ0) is 10.3. The van der Waals surface area contributed by atoms with Crippen molar-refractivity contribution in [1.82, 2.24) is 0 Å². The lowest BCUT2D eigenvalue weighted by Crippen LogP contribution is -2.36. The fourth-order valence-electron chi connectivity index (χ4n) is 2.40. The van der Waals surface area contributed by atoms with Gasteiger partial charge >= 0.3 is 11.9 Å². The first-order valence-corrected chi connectivity index (χ1v) is 4.73. The molecule has 0 spiro atoms. The Kier molecular flexibility index (Phi) is 1.99. The van der Waals surface area contributed by atoms with Crippen molar-refractivity contribution in [2.75, 3.05) is 0 Å². The molecule has 1 heterocycles. The van der Waals surface area contributed by atoms with Crippen molar-refractivity contribution in [2.45, 2.75) is 37.4 Å².